The molecule has 0 aliphatic heterocycles. The van der Waals surface area contributed by atoms with E-state index in [-0.39, 0.29) is 13.0 Å². The second kappa shape index (κ2) is 5.73. The number of aryl methyl sites for hydroxylation is 2. The van der Waals surface area contributed by atoms with E-state index in [2.05, 4.69) is 5.10 Å². The zero-order valence-corrected chi connectivity index (χ0v) is 12.5. The van der Waals surface area contributed by atoms with Gasteiger partial charge in [-0.2, -0.15) is 5.10 Å². The van der Waals surface area contributed by atoms with Crippen LogP contribution >= 0.6 is 0 Å². The average molecular weight is 288 g/mol. The molecule has 0 aliphatic rings. The molecule has 0 unspecified atom stereocenters. The molecule has 1 aromatic heterocycles. The minimum atomic E-state index is -3.56. The molecule has 0 saturated carbocycles. The van der Waals surface area contributed by atoms with Crippen LogP contribution in [0, 0.1) is 6.92 Å². The first kappa shape index (κ1) is 15.7. The van der Waals surface area contributed by atoms with Crippen LogP contribution in [0.3, 0.4) is 0 Å². The highest BCUT2D eigenvalue weighted by atomic mass is 32.2. The number of rotatable bonds is 6. The first-order valence-corrected chi connectivity index (χ1v) is 7.95. The van der Waals surface area contributed by atoms with Crippen molar-refractivity contribution in [1.82, 2.24) is 9.78 Å². The Kier molecular flexibility index (Phi) is 4.73. The highest BCUT2D eigenvalue weighted by Crippen LogP contribution is 2.23. The highest BCUT2D eigenvalue weighted by molar-refractivity contribution is 7.92. The summed E-state index contributed by atoms with van der Waals surface area (Å²) in [6.45, 7) is 5.44. The van der Waals surface area contributed by atoms with Crippen molar-refractivity contribution < 1.29 is 17.9 Å². The molecule has 0 fully saturated rings. The molecule has 0 spiro atoms. The Bertz CT molecular complexity index is 550. The van der Waals surface area contributed by atoms with Gasteiger partial charge in [-0.05, 0) is 32.8 Å². The Morgan fingerprint density at radius 3 is 2.58 bits per heavy atom. The summed E-state index contributed by atoms with van der Waals surface area (Å²) in [5.74, 6) is -0.707. The monoisotopic (exact) mass is 288 g/mol. The van der Waals surface area contributed by atoms with E-state index >= 15 is 0 Å². The highest BCUT2D eigenvalue weighted by Gasteiger charge is 2.44. The predicted octanol–water partition coefficient (Wildman–Crippen LogP) is 0.948. The SMILES string of the molecule is CCOC(=O)[C@@](C)(CCn1cc(C)cn1)S(C)(=O)=O. The maximum atomic E-state index is 11.9. The first-order chi connectivity index (χ1) is 8.70. The Morgan fingerprint density at radius 1 is 1.53 bits per heavy atom. The molecule has 6 nitrogen and oxygen atoms in total. The Labute approximate surface area is 113 Å². The standard InChI is InChI=1S/C12H20N2O4S/c1-5-18-11(15)12(3,19(4,16)17)6-7-14-9-10(2)8-13-14/h8-9H,5-7H2,1-4H3/t12-/m1/s1. The Morgan fingerprint density at radius 2 is 2.16 bits per heavy atom. The summed E-state index contributed by atoms with van der Waals surface area (Å²) in [4.78, 5) is 11.9. The largest absolute Gasteiger partial charge is 0.465 e. The van der Waals surface area contributed by atoms with E-state index < -0.39 is 20.6 Å². The minimum Gasteiger partial charge on any atom is -0.465 e. The van der Waals surface area contributed by atoms with Crippen molar-refractivity contribution in [2.45, 2.75) is 38.5 Å². The van der Waals surface area contributed by atoms with Crippen molar-refractivity contribution in [3.8, 4) is 0 Å². The summed E-state index contributed by atoms with van der Waals surface area (Å²) >= 11 is 0. The second-order valence-corrected chi connectivity index (χ2v) is 7.20. The third kappa shape index (κ3) is 3.56. The molecule has 1 aromatic rings. The Balaban J connectivity index is 2.90. The lowest BCUT2D eigenvalue weighted by Gasteiger charge is -2.25. The van der Waals surface area contributed by atoms with E-state index in [1.807, 2.05) is 6.92 Å². The molecular formula is C12H20N2O4S. The Hall–Kier alpha value is -1.37. The number of nitrogens with zero attached hydrogens (tertiary/aromatic N) is 2. The van der Waals surface area contributed by atoms with Crippen molar-refractivity contribution in [2.24, 2.45) is 0 Å². The lowest BCUT2D eigenvalue weighted by molar-refractivity contribution is -0.146. The van der Waals surface area contributed by atoms with Gasteiger partial charge in [0, 0.05) is 19.0 Å². The van der Waals surface area contributed by atoms with Crippen LogP contribution in [0.15, 0.2) is 12.4 Å². The number of hydrogen-bond donors (Lipinski definition) is 0. The van der Waals surface area contributed by atoms with Gasteiger partial charge in [0.2, 0.25) is 0 Å². The van der Waals surface area contributed by atoms with Gasteiger partial charge in [0.05, 0.1) is 12.8 Å². The number of carbonyl (C=O) groups excluding carboxylic acids is 1. The average Bonchev–Trinajstić information content (AvgIpc) is 2.70. The molecule has 0 N–H and O–H groups in total. The van der Waals surface area contributed by atoms with Gasteiger partial charge in [0.25, 0.3) is 0 Å². The molecule has 1 rings (SSSR count). The first-order valence-electron chi connectivity index (χ1n) is 6.06. The molecular weight excluding hydrogens is 268 g/mol. The van der Waals surface area contributed by atoms with Crippen LogP contribution in [0.25, 0.3) is 0 Å². The molecule has 1 atom stereocenters. The molecule has 1 heterocycles. The van der Waals surface area contributed by atoms with Gasteiger partial charge in [-0.15, -0.1) is 0 Å². The van der Waals surface area contributed by atoms with Gasteiger partial charge >= 0.3 is 5.97 Å². The van der Waals surface area contributed by atoms with Crippen LogP contribution < -0.4 is 0 Å². The third-order valence-corrected chi connectivity index (χ3v) is 5.11. The maximum absolute atomic E-state index is 11.9. The summed E-state index contributed by atoms with van der Waals surface area (Å²) in [5, 5.41) is 4.08. The topological polar surface area (TPSA) is 78.3 Å². The molecule has 0 saturated heterocycles. The van der Waals surface area contributed by atoms with E-state index in [0.717, 1.165) is 11.8 Å². The quantitative estimate of drug-likeness (QED) is 0.728. The summed E-state index contributed by atoms with van der Waals surface area (Å²) in [5.41, 5.74) is 0.984. The van der Waals surface area contributed by atoms with Gasteiger partial charge in [0.15, 0.2) is 14.6 Å². The van der Waals surface area contributed by atoms with Gasteiger partial charge in [-0.1, -0.05) is 0 Å². The summed E-state index contributed by atoms with van der Waals surface area (Å²) in [6, 6.07) is 0. The fourth-order valence-corrected chi connectivity index (χ4v) is 2.46. The lowest BCUT2D eigenvalue weighted by Crippen LogP contribution is -2.45. The number of carbonyl (C=O) groups is 1. The van der Waals surface area contributed by atoms with Crippen molar-refractivity contribution in [3.05, 3.63) is 18.0 Å². The fraction of sp³-hybridized carbons (Fsp3) is 0.667. The number of esters is 1. The summed E-state index contributed by atoms with van der Waals surface area (Å²) in [7, 11) is -3.56. The minimum absolute atomic E-state index is 0.131. The molecule has 0 radical (unpaired) electrons. The lowest BCUT2D eigenvalue weighted by atomic mass is 10.1. The zero-order valence-electron chi connectivity index (χ0n) is 11.7. The van der Waals surface area contributed by atoms with Crippen molar-refractivity contribution in [1.29, 1.82) is 0 Å². The number of sulfone groups is 1. The van der Waals surface area contributed by atoms with E-state index in [0.29, 0.717) is 6.54 Å². The van der Waals surface area contributed by atoms with E-state index in [1.54, 1.807) is 24.0 Å². The summed E-state index contributed by atoms with van der Waals surface area (Å²) < 4.78 is 28.7. The zero-order chi connectivity index (χ0) is 14.7. The van der Waals surface area contributed by atoms with Crippen LogP contribution in [0.2, 0.25) is 0 Å². The van der Waals surface area contributed by atoms with Crippen LogP contribution in [0.5, 0.6) is 0 Å². The van der Waals surface area contributed by atoms with E-state index in [1.165, 1.54) is 6.92 Å². The van der Waals surface area contributed by atoms with Gasteiger partial charge in [-0.3, -0.25) is 9.48 Å². The van der Waals surface area contributed by atoms with Crippen molar-refractivity contribution in [3.63, 3.8) is 0 Å². The molecule has 19 heavy (non-hydrogen) atoms. The van der Waals surface area contributed by atoms with Gasteiger partial charge in [0.1, 0.15) is 0 Å². The molecule has 0 aliphatic carbocycles. The fourth-order valence-electron chi connectivity index (χ4n) is 1.64. The number of ether oxygens (including phenoxy) is 1. The molecule has 0 bridgehead atoms. The smallest absolute Gasteiger partial charge is 0.327 e. The van der Waals surface area contributed by atoms with E-state index in [4.69, 9.17) is 4.74 Å². The number of aromatic nitrogens is 2. The molecule has 7 heteroatoms. The van der Waals surface area contributed by atoms with E-state index in [9.17, 15) is 13.2 Å². The number of hydrogen-bond acceptors (Lipinski definition) is 5. The van der Waals surface area contributed by atoms with Crippen molar-refractivity contribution in [2.75, 3.05) is 12.9 Å². The van der Waals surface area contributed by atoms with Gasteiger partial charge in [-0.25, -0.2) is 8.42 Å². The van der Waals surface area contributed by atoms with Crippen LogP contribution in [-0.4, -0.2) is 41.8 Å². The molecule has 108 valence electrons. The normalized spacial score (nSPS) is 14.9. The third-order valence-electron chi connectivity index (χ3n) is 3.11. The summed E-state index contributed by atoms with van der Waals surface area (Å²) in [6.07, 6.45) is 4.67. The van der Waals surface area contributed by atoms with Crippen LogP contribution in [-0.2, 0) is 25.9 Å². The second-order valence-electron chi connectivity index (χ2n) is 4.75. The molecule has 0 aromatic carbocycles. The van der Waals surface area contributed by atoms with Gasteiger partial charge < -0.3 is 4.74 Å². The van der Waals surface area contributed by atoms with Crippen LogP contribution in [0.4, 0.5) is 0 Å². The molecule has 0 amide bonds. The maximum Gasteiger partial charge on any atom is 0.327 e. The van der Waals surface area contributed by atoms with Crippen molar-refractivity contribution >= 4 is 15.8 Å². The predicted molar refractivity (Wildman–Crippen MR) is 71.5 cm³/mol. The van der Waals surface area contributed by atoms with Crippen LogP contribution in [0.1, 0.15) is 25.8 Å².